The van der Waals surface area contributed by atoms with Gasteiger partial charge in [-0.25, -0.2) is 4.98 Å². The third-order valence-corrected chi connectivity index (χ3v) is 5.50. The van der Waals surface area contributed by atoms with Crippen LogP contribution in [0.15, 0.2) is 21.6 Å². The fourth-order valence-electron chi connectivity index (χ4n) is 2.50. The van der Waals surface area contributed by atoms with Crippen LogP contribution in [0.25, 0.3) is 10.2 Å². The van der Waals surface area contributed by atoms with Crippen molar-refractivity contribution in [2.45, 2.75) is 44.7 Å². The van der Waals surface area contributed by atoms with Crippen molar-refractivity contribution in [2.75, 3.05) is 5.75 Å². The molecule has 1 aliphatic rings. The van der Waals surface area contributed by atoms with Gasteiger partial charge >= 0.3 is 0 Å². The highest BCUT2D eigenvalue weighted by molar-refractivity contribution is 7.99. The largest absolute Gasteiger partial charge is 0.301 e. The summed E-state index contributed by atoms with van der Waals surface area (Å²) in [5.41, 5.74) is 2.58. The molecule has 0 unspecified atom stereocenters. The maximum atomic E-state index is 12.3. The second-order valence-electron chi connectivity index (χ2n) is 5.35. The van der Waals surface area contributed by atoms with Crippen LogP contribution < -0.4 is 5.56 Å². The van der Waals surface area contributed by atoms with Crippen molar-refractivity contribution in [3.8, 4) is 0 Å². The molecule has 0 radical (unpaired) electrons. The molecule has 0 aliphatic heterocycles. The summed E-state index contributed by atoms with van der Waals surface area (Å²) in [5.74, 6) is 0.849. The number of rotatable bonds is 3. The van der Waals surface area contributed by atoms with Crippen molar-refractivity contribution in [3.63, 3.8) is 0 Å². The van der Waals surface area contributed by atoms with Gasteiger partial charge in [0.15, 0.2) is 5.16 Å². The number of aryl methyl sites for hydroxylation is 2. The zero-order chi connectivity index (χ0) is 14.1. The van der Waals surface area contributed by atoms with Gasteiger partial charge in [-0.1, -0.05) is 23.4 Å². The number of thioether (sulfide) groups is 1. The van der Waals surface area contributed by atoms with Gasteiger partial charge in [0.25, 0.3) is 5.56 Å². The molecule has 2 aromatic rings. The third kappa shape index (κ3) is 2.69. The van der Waals surface area contributed by atoms with Gasteiger partial charge in [-0.05, 0) is 45.1 Å². The fraction of sp³-hybridized carbons (Fsp3) is 0.467. The molecule has 106 valence electrons. The molecule has 0 atom stereocenters. The van der Waals surface area contributed by atoms with Crippen molar-refractivity contribution >= 4 is 33.3 Å². The average molecular weight is 306 g/mol. The Labute approximate surface area is 126 Å². The Morgan fingerprint density at radius 2 is 2.20 bits per heavy atom. The number of nitrogens with one attached hydrogen (secondary N) is 1. The summed E-state index contributed by atoms with van der Waals surface area (Å²) >= 11 is 3.30. The van der Waals surface area contributed by atoms with Crippen molar-refractivity contribution < 1.29 is 0 Å². The number of aromatic amines is 1. The zero-order valence-electron chi connectivity index (χ0n) is 11.8. The first-order valence-corrected chi connectivity index (χ1v) is 8.76. The van der Waals surface area contributed by atoms with Crippen LogP contribution >= 0.6 is 23.1 Å². The summed E-state index contributed by atoms with van der Waals surface area (Å²) in [6.07, 6.45) is 6.71. The molecule has 20 heavy (non-hydrogen) atoms. The number of nitrogens with zero attached hydrogens (tertiary/aromatic N) is 1. The van der Waals surface area contributed by atoms with Crippen LogP contribution in [0, 0.1) is 0 Å². The molecule has 0 aromatic carbocycles. The normalized spacial score (nSPS) is 14.3. The molecule has 1 aliphatic carbocycles. The van der Waals surface area contributed by atoms with Gasteiger partial charge in [-0.3, -0.25) is 4.79 Å². The number of hydrogen-bond acceptors (Lipinski definition) is 4. The van der Waals surface area contributed by atoms with E-state index in [-0.39, 0.29) is 5.56 Å². The Hall–Kier alpha value is -1.07. The SMILES string of the molecule is CC(C)=CCSc1nc2sc3c(c2c(=O)[nH]1)CCCC3. The first kappa shape index (κ1) is 13.9. The molecule has 3 nitrogen and oxygen atoms in total. The first-order valence-electron chi connectivity index (χ1n) is 6.96. The number of fused-ring (bicyclic) bond motifs is 3. The van der Waals surface area contributed by atoms with E-state index in [1.165, 1.54) is 28.9 Å². The lowest BCUT2D eigenvalue weighted by atomic mass is 9.97. The Kier molecular flexibility index (Phi) is 3.98. The molecule has 0 fully saturated rings. The highest BCUT2D eigenvalue weighted by atomic mass is 32.2. The second kappa shape index (κ2) is 5.74. The van der Waals surface area contributed by atoms with E-state index in [1.807, 2.05) is 0 Å². The lowest BCUT2D eigenvalue weighted by molar-refractivity contribution is 0.700. The van der Waals surface area contributed by atoms with E-state index in [1.54, 1.807) is 23.1 Å². The van der Waals surface area contributed by atoms with Gasteiger partial charge in [0.1, 0.15) is 4.83 Å². The standard InChI is InChI=1S/C15H18N2OS2/c1-9(2)7-8-19-15-16-13(18)12-10-5-3-4-6-11(10)20-14(12)17-15/h7H,3-6,8H2,1-2H3,(H,16,17,18). The maximum absolute atomic E-state index is 12.3. The smallest absolute Gasteiger partial charge is 0.260 e. The van der Waals surface area contributed by atoms with Gasteiger partial charge in [-0.2, -0.15) is 0 Å². The molecule has 0 bridgehead atoms. The summed E-state index contributed by atoms with van der Waals surface area (Å²) in [7, 11) is 0. The van der Waals surface area contributed by atoms with E-state index < -0.39 is 0 Å². The molecule has 1 N–H and O–H groups in total. The summed E-state index contributed by atoms with van der Waals surface area (Å²) in [5, 5.41) is 1.58. The molecular formula is C15H18N2OS2. The molecular weight excluding hydrogens is 288 g/mol. The summed E-state index contributed by atoms with van der Waals surface area (Å²) in [4.78, 5) is 22.2. The topological polar surface area (TPSA) is 45.8 Å². The van der Waals surface area contributed by atoms with Gasteiger partial charge in [0.05, 0.1) is 5.39 Å². The molecule has 0 amide bonds. The number of aromatic nitrogens is 2. The first-order chi connectivity index (χ1) is 9.65. The van der Waals surface area contributed by atoms with E-state index in [4.69, 9.17) is 0 Å². The van der Waals surface area contributed by atoms with E-state index in [2.05, 4.69) is 29.9 Å². The van der Waals surface area contributed by atoms with Crippen molar-refractivity contribution in [1.29, 1.82) is 0 Å². The summed E-state index contributed by atoms with van der Waals surface area (Å²) in [6.45, 7) is 4.15. The molecule has 5 heteroatoms. The van der Waals surface area contributed by atoms with Crippen molar-refractivity contribution in [1.82, 2.24) is 9.97 Å². The predicted octanol–water partition coefficient (Wildman–Crippen LogP) is 3.92. The number of H-pyrrole nitrogens is 1. The predicted molar refractivity (Wildman–Crippen MR) is 87.0 cm³/mol. The van der Waals surface area contributed by atoms with Crippen LogP contribution in [0.2, 0.25) is 0 Å². The van der Waals surface area contributed by atoms with Crippen LogP contribution in [0.5, 0.6) is 0 Å². The van der Waals surface area contributed by atoms with Gasteiger partial charge < -0.3 is 4.98 Å². The second-order valence-corrected chi connectivity index (χ2v) is 7.45. The average Bonchev–Trinajstić information content (AvgIpc) is 2.76. The molecule has 0 saturated carbocycles. The quantitative estimate of drug-likeness (QED) is 0.531. The third-order valence-electron chi connectivity index (χ3n) is 3.51. The van der Waals surface area contributed by atoms with Gasteiger partial charge in [0.2, 0.25) is 0 Å². The van der Waals surface area contributed by atoms with Gasteiger partial charge in [-0.15, -0.1) is 11.3 Å². The van der Waals surface area contributed by atoms with Crippen molar-refractivity contribution in [2.24, 2.45) is 0 Å². The minimum atomic E-state index is 0.0362. The summed E-state index contributed by atoms with van der Waals surface area (Å²) < 4.78 is 0. The lowest BCUT2D eigenvalue weighted by Crippen LogP contribution is -2.10. The van der Waals surface area contributed by atoms with Crippen molar-refractivity contribution in [3.05, 3.63) is 32.4 Å². The van der Waals surface area contributed by atoms with Gasteiger partial charge in [0, 0.05) is 10.6 Å². The minimum Gasteiger partial charge on any atom is -0.301 e. The zero-order valence-corrected chi connectivity index (χ0v) is 13.4. The maximum Gasteiger partial charge on any atom is 0.260 e. The van der Waals surface area contributed by atoms with E-state index in [0.717, 1.165) is 34.0 Å². The van der Waals surface area contributed by atoms with Crippen LogP contribution in [0.1, 0.15) is 37.1 Å². The Bertz CT molecular complexity index is 723. The lowest BCUT2D eigenvalue weighted by Gasteiger charge is -2.09. The molecule has 0 spiro atoms. The van der Waals surface area contributed by atoms with E-state index >= 15 is 0 Å². The van der Waals surface area contributed by atoms with Crippen LogP contribution in [0.4, 0.5) is 0 Å². The monoisotopic (exact) mass is 306 g/mol. The van der Waals surface area contributed by atoms with Crippen LogP contribution in [-0.4, -0.2) is 15.7 Å². The highest BCUT2D eigenvalue weighted by Gasteiger charge is 2.19. The number of thiophene rings is 1. The molecule has 3 rings (SSSR count). The summed E-state index contributed by atoms with van der Waals surface area (Å²) in [6, 6.07) is 0. The highest BCUT2D eigenvalue weighted by Crippen LogP contribution is 2.34. The Morgan fingerprint density at radius 3 is 3.00 bits per heavy atom. The van der Waals surface area contributed by atoms with E-state index in [0.29, 0.717) is 0 Å². The Morgan fingerprint density at radius 1 is 1.40 bits per heavy atom. The fourth-order valence-corrected chi connectivity index (χ4v) is 4.71. The Balaban J connectivity index is 1.98. The van der Waals surface area contributed by atoms with Crippen LogP contribution in [-0.2, 0) is 12.8 Å². The number of allylic oxidation sites excluding steroid dienone is 1. The molecule has 2 aromatic heterocycles. The van der Waals surface area contributed by atoms with Crippen LogP contribution in [0.3, 0.4) is 0 Å². The number of hydrogen-bond donors (Lipinski definition) is 1. The molecule has 0 saturated heterocycles. The molecule has 2 heterocycles. The minimum absolute atomic E-state index is 0.0362. The van der Waals surface area contributed by atoms with E-state index in [9.17, 15) is 4.79 Å².